The highest BCUT2D eigenvalue weighted by Crippen LogP contribution is 2.19. The number of nitrogens with one attached hydrogen (secondary N) is 2. The molecule has 2 aromatic rings. The topological polar surface area (TPSA) is 66.9 Å². The number of amides is 1. The average Bonchev–Trinajstić information content (AvgIpc) is 2.95. The number of carbonyl (C=O) groups is 1. The first kappa shape index (κ1) is 14.0. The Labute approximate surface area is 120 Å². The fourth-order valence-electron chi connectivity index (χ4n) is 1.32. The minimum absolute atomic E-state index is 0.219. The molecular formula is C12H16N4OS2. The number of hydrogen-bond acceptors (Lipinski definition) is 6. The molecule has 0 aliphatic rings. The molecule has 19 heavy (non-hydrogen) atoms. The SMILES string of the molecule is Cc1csc(NC(=O)c2csc(NCC(C)C)n2)n1. The summed E-state index contributed by atoms with van der Waals surface area (Å²) in [5, 5.41) is 11.0. The zero-order chi connectivity index (χ0) is 13.8. The number of aryl methyl sites for hydroxylation is 1. The molecule has 2 N–H and O–H groups in total. The Morgan fingerprint density at radius 2 is 2.00 bits per heavy atom. The van der Waals surface area contributed by atoms with E-state index in [2.05, 4.69) is 34.4 Å². The molecule has 0 atom stereocenters. The summed E-state index contributed by atoms with van der Waals surface area (Å²) in [5.41, 5.74) is 1.32. The van der Waals surface area contributed by atoms with Gasteiger partial charge >= 0.3 is 0 Å². The number of hydrogen-bond donors (Lipinski definition) is 2. The highest BCUT2D eigenvalue weighted by atomic mass is 32.1. The third kappa shape index (κ3) is 4.00. The highest BCUT2D eigenvalue weighted by molar-refractivity contribution is 7.14. The summed E-state index contributed by atoms with van der Waals surface area (Å²) in [4.78, 5) is 20.4. The van der Waals surface area contributed by atoms with Crippen molar-refractivity contribution in [2.45, 2.75) is 20.8 Å². The Kier molecular flexibility index (Phi) is 4.49. The Morgan fingerprint density at radius 3 is 2.63 bits per heavy atom. The molecule has 102 valence electrons. The largest absolute Gasteiger partial charge is 0.361 e. The van der Waals surface area contributed by atoms with Crippen LogP contribution in [0.1, 0.15) is 30.0 Å². The third-order valence-electron chi connectivity index (χ3n) is 2.24. The van der Waals surface area contributed by atoms with Crippen LogP contribution in [-0.2, 0) is 0 Å². The lowest BCUT2D eigenvalue weighted by atomic mass is 10.2. The summed E-state index contributed by atoms with van der Waals surface area (Å²) in [6.45, 7) is 6.99. The Morgan fingerprint density at radius 1 is 1.26 bits per heavy atom. The van der Waals surface area contributed by atoms with Gasteiger partial charge in [-0.05, 0) is 12.8 Å². The maximum atomic E-state index is 11.9. The number of rotatable bonds is 5. The second kappa shape index (κ2) is 6.12. The summed E-state index contributed by atoms with van der Waals surface area (Å²) < 4.78 is 0. The van der Waals surface area contributed by atoms with Crippen molar-refractivity contribution in [3.63, 3.8) is 0 Å². The molecule has 0 aliphatic heterocycles. The molecule has 0 radical (unpaired) electrons. The zero-order valence-corrected chi connectivity index (χ0v) is 12.7. The molecular weight excluding hydrogens is 280 g/mol. The van der Waals surface area contributed by atoms with E-state index in [0.717, 1.165) is 17.4 Å². The van der Waals surface area contributed by atoms with Gasteiger partial charge in [0.05, 0.1) is 5.69 Å². The predicted octanol–water partition coefficient (Wildman–Crippen LogP) is 3.23. The van der Waals surface area contributed by atoms with Crippen molar-refractivity contribution in [2.75, 3.05) is 17.2 Å². The maximum absolute atomic E-state index is 11.9. The Hall–Kier alpha value is -1.47. The second-order valence-corrected chi connectivity index (χ2v) is 6.28. The van der Waals surface area contributed by atoms with Gasteiger partial charge < -0.3 is 5.32 Å². The molecule has 1 amide bonds. The number of nitrogens with zero attached hydrogens (tertiary/aromatic N) is 2. The van der Waals surface area contributed by atoms with Gasteiger partial charge in [-0.25, -0.2) is 9.97 Å². The van der Waals surface area contributed by atoms with E-state index in [1.807, 2.05) is 12.3 Å². The van der Waals surface area contributed by atoms with Crippen LogP contribution in [0.15, 0.2) is 10.8 Å². The van der Waals surface area contributed by atoms with Crippen molar-refractivity contribution >= 4 is 38.8 Å². The van der Waals surface area contributed by atoms with Crippen molar-refractivity contribution in [3.05, 3.63) is 22.1 Å². The summed E-state index contributed by atoms with van der Waals surface area (Å²) in [6.07, 6.45) is 0. The molecule has 0 fully saturated rings. The quantitative estimate of drug-likeness (QED) is 0.889. The van der Waals surface area contributed by atoms with Crippen LogP contribution < -0.4 is 10.6 Å². The van der Waals surface area contributed by atoms with Gasteiger partial charge in [-0.3, -0.25) is 10.1 Å². The molecule has 0 bridgehead atoms. The molecule has 0 aromatic carbocycles. The average molecular weight is 296 g/mol. The first-order valence-electron chi connectivity index (χ1n) is 5.97. The predicted molar refractivity (Wildman–Crippen MR) is 80.2 cm³/mol. The summed E-state index contributed by atoms with van der Waals surface area (Å²) in [7, 11) is 0. The lowest BCUT2D eigenvalue weighted by molar-refractivity contribution is 0.102. The normalized spacial score (nSPS) is 10.7. The van der Waals surface area contributed by atoms with E-state index in [-0.39, 0.29) is 5.91 Å². The first-order valence-corrected chi connectivity index (χ1v) is 7.73. The summed E-state index contributed by atoms with van der Waals surface area (Å²) in [6, 6.07) is 0. The molecule has 5 nitrogen and oxygen atoms in total. The highest BCUT2D eigenvalue weighted by Gasteiger charge is 2.12. The molecule has 0 spiro atoms. The van der Waals surface area contributed by atoms with E-state index in [1.165, 1.54) is 22.7 Å². The molecule has 0 saturated heterocycles. The van der Waals surface area contributed by atoms with Crippen LogP contribution in [0.25, 0.3) is 0 Å². The van der Waals surface area contributed by atoms with Gasteiger partial charge in [-0.15, -0.1) is 22.7 Å². The lowest BCUT2D eigenvalue weighted by Gasteiger charge is -2.04. The van der Waals surface area contributed by atoms with Gasteiger partial charge in [-0.2, -0.15) is 0 Å². The maximum Gasteiger partial charge on any atom is 0.276 e. The fourth-order valence-corrected chi connectivity index (χ4v) is 2.71. The monoisotopic (exact) mass is 296 g/mol. The number of thiazole rings is 2. The van der Waals surface area contributed by atoms with Gasteiger partial charge in [0.15, 0.2) is 10.3 Å². The molecule has 2 rings (SSSR count). The molecule has 2 aromatic heterocycles. The van der Waals surface area contributed by atoms with Crippen LogP contribution in [0.2, 0.25) is 0 Å². The van der Waals surface area contributed by atoms with Crippen LogP contribution in [0, 0.1) is 12.8 Å². The van der Waals surface area contributed by atoms with Crippen LogP contribution >= 0.6 is 22.7 Å². The van der Waals surface area contributed by atoms with E-state index < -0.39 is 0 Å². The minimum atomic E-state index is -0.219. The second-order valence-electron chi connectivity index (χ2n) is 4.56. The fraction of sp³-hybridized carbons (Fsp3) is 0.417. The molecule has 0 aliphatic carbocycles. The van der Waals surface area contributed by atoms with Crippen LogP contribution in [-0.4, -0.2) is 22.4 Å². The lowest BCUT2D eigenvalue weighted by Crippen LogP contribution is -2.13. The summed E-state index contributed by atoms with van der Waals surface area (Å²) >= 11 is 2.85. The van der Waals surface area contributed by atoms with Gasteiger partial charge in [0.2, 0.25) is 0 Å². The molecule has 2 heterocycles. The van der Waals surface area contributed by atoms with E-state index in [1.54, 1.807) is 5.38 Å². The molecule has 0 saturated carbocycles. The van der Waals surface area contributed by atoms with Gasteiger partial charge in [0.25, 0.3) is 5.91 Å². The van der Waals surface area contributed by atoms with E-state index in [4.69, 9.17) is 0 Å². The van der Waals surface area contributed by atoms with Gasteiger partial charge in [0.1, 0.15) is 5.69 Å². The first-order chi connectivity index (χ1) is 9.04. The van der Waals surface area contributed by atoms with Crippen molar-refractivity contribution in [3.8, 4) is 0 Å². The number of aromatic nitrogens is 2. The number of carbonyl (C=O) groups excluding carboxylic acids is 1. The number of anilines is 2. The smallest absolute Gasteiger partial charge is 0.276 e. The van der Waals surface area contributed by atoms with Crippen molar-refractivity contribution < 1.29 is 4.79 Å². The van der Waals surface area contributed by atoms with Crippen LogP contribution in [0.5, 0.6) is 0 Å². The van der Waals surface area contributed by atoms with Crippen molar-refractivity contribution in [1.82, 2.24) is 9.97 Å². The Bertz CT molecular complexity index is 562. The van der Waals surface area contributed by atoms with Gasteiger partial charge in [-0.1, -0.05) is 13.8 Å². The van der Waals surface area contributed by atoms with E-state index in [9.17, 15) is 4.79 Å². The van der Waals surface area contributed by atoms with E-state index >= 15 is 0 Å². The Balaban J connectivity index is 1.96. The van der Waals surface area contributed by atoms with Gasteiger partial charge in [0, 0.05) is 17.3 Å². The summed E-state index contributed by atoms with van der Waals surface area (Å²) in [5.74, 6) is 0.322. The molecule has 0 unspecified atom stereocenters. The third-order valence-corrected chi connectivity index (χ3v) is 3.91. The van der Waals surface area contributed by atoms with Crippen molar-refractivity contribution in [1.29, 1.82) is 0 Å². The van der Waals surface area contributed by atoms with Crippen LogP contribution in [0.3, 0.4) is 0 Å². The van der Waals surface area contributed by atoms with E-state index in [0.29, 0.717) is 16.7 Å². The van der Waals surface area contributed by atoms with Crippen LogP contribution in [0.4, 0.5) is 10.3 Å². The van der Waals surface area contributed by atoms with Crippen molar-refractivity contribution in [2.24, 2.45) is 5.92 Å². The zero-order valence-electron chi connectivity index (χ0n) is 11.1. The standard InChI is InChI=1S/C12H16N4OS2/c1-7(2)4-13-11-15-9(6-19-11)10(17)16-12-14-8(3)5-18-12/h5-7H,4H2,1-3H3,(H,13,15)(H,14,16,17). The molecule has 7 heteroatoms. The minimum Gasteiger partial charge on any atom is -0.361 e.